The van der Waals surface area contributed by atoms with E-state index in [0.29, 0.717) is 5.75 Å². The molecular formula is C7H10O4S. The van der Waals surface area contributed by atoms with Crippen molar-refractivity contribution in [3.05, 3.63) is 0 Å². The van der Waals surface area contributed by atoms with Gasteiger partial charge >= 0.3 is 6.16 Å². The van der Waals surface area contributed by atoms with E-state index in [4.69, 9.17) is 4.74 Å². The van der Waals surface area contributed by atoms with Gasteiger partial charge in [0.25, 0.3) is 0 Å². The third kappa shape index (κ3) is 1.91. The van der Waals surface area contributed by atoms with E-state index < -0.39 is 12.3 Å². The van der Waals surface area contributed by atoms with E-state index in [1.165, 1.54) is 18.9 Å². The van der Waals surface area contributed by atoms with Gasteiger partial charge in [-0.15, -0.1) is 11.8 Å². The molecule has 0 saturated carbocycles. The van der Waals surface area contributed by atoms with Crippen LogP contribution in [0.3, 0.4) is 0 Å². The number of hydrogen-bond acceptors (Lipinski definition) is 5. The molecule has 1 fully saturated rings. The van der Waals surface area contributed by atoms with Gasteiger partial charge in [0.05, 0.1) is 12.4 Å². The average Bonchev–Trinajstić information content (AvgIpc) is 2.36. The molecule has 1 aliphatic heterocycles. The minimum Gasteiger partial charge on any atom is -0.438 e. The molecule has 0 N–H and O–H groups in total. The van der Waals surface area contributed by atoms with E-state index in [2.05, 4.69) is 4.74 Å². The Morgan fingerprint density at radius 2 is 2.33 bits per heavy atom. The highest BCUT2D eigenvalue weighted by Gasteiger charge is 2.34. The van der Waals surface area contributed by atoms with Crippen LogP contribution < -0.4 is 0 Å². The van der Waals surface area contributed by atoms with E-state index in [0.717, 1.165) is 0 Å². The van der Waals surface area contributed by atoms with Gasteiger partial charge in [0.1, 0.15) is 0 Å². The van der Waals surface area contributed by atoms with Crippen LogP contribution in [0.15, 0.2) is 0 Å². The summed E-state index contributed by atoms with van der Waals surface area (Å²) in [4.78, 5) is 21.8. The van der Waals surface area contributed by atoms with Crippen molar-refractivity contribution in [2.75, 3.05) is 12.9 Å². The van der Waals surface area contributed by atoms with Crippen molar-refractivity contribution in [2.45, 2.75) is 18.3 Å². The largest absolute Gasteiger partial charge is 0.508 e. The monoisotopic (exact) mass is 190 g/mol. The standard InChI is InChI=1S/C7H10O4S/c1-4-6(8)5(3-12-4)11-7(9)10-2/h4-5H,3H2,1-2H3. The Kier molecular flexibility index (Phi) is 2.97. The minimum atomic E-state index is -0.789. The van der Waals surface area contributed by atoms with Gasteiger partial charge < -0.3 is 9.47 Å². The fourth-order valence-corrected chi connectivity index (χ4v) is 1.93. The second-order valence-corrected chi connectivity index (χ2v) is 3.81. The zero-order valence-electron chi connectivity index (χ0n) is 6.90. The van der Waals surface area contributed by atoms with E-state index >= 15 is 0 Å². The first-order valence-electron chi connectivity index (χ1n) is 3.55. The highest BCUT2D eigenvalue weighted by Crippen LogP contribution is 2.25. The summed E-state index contributed by atoms with van der Waals surface area (Å²) in [6, 6.07) is 0. The first-order chi connectivity index (χ1) is 5.65. The van der Waals surface area contributed by atoms with Crippen LogP contribution in [0.2, 0.25) is 0 Å². The van der Waals surface area contributed by atoms with Crippen LogP contribution >= 0.6 is 11.8 Å². The number of ether oxygens (including phenoxy) is 2. The predicted octanol–water partition coefficient (Wildman–Crippen LogP) is 0.842. The molecule has 0 aromatic heterocycles. The maximum Gasteiger partial charge on any atom is 0.508 e. The van der Waals surface area contributed by atoms with Crippen molar-refractivity contribution < 1.29 is 19.1 Å². The van der Waals surface area contributed by atoms with Gasteiger partial charge in [-0.3, -0.25) is 4.79 Å². The molecule has 0 bridgehead atoms. The van der Waals surface area contributed by atoms with E-state index in [9.17, 15) is 9.59 Å². The molecule has 1 aliphatic rings. The van der Waals surface area contributed by atoms with E-state index in [1.807, 2.05) is 0 Å². The summed E-state index contributed by atoms with van der Waals surface area (Å²) in [6.45, 7) is 1.80. The Hall–Kier alpha value is -0.710. The van der Waals surface area contributed by atoms with Gasteiger partial charge in [-0.1, -0.05) is 0 Å². The van der Waals surface area contributed by atoms with Crippen molar-refractivity contribution >= 4 is 23.7 Å². The molecule has 1 rings (SSSR count). The van der Waals surface area contributed by atoms with Crippen LogP contribution in [0.1, 0.15) is 6.92 Å². The molecule has 0 aromatic rings. The molecular weight excluding hydrogens is 180 g/mol. The van der Waals surface area contributed by atoms with E-state index in [1.54, 1.807) is 6.92 Å². The maximum atomic E-state index is 11.2. The summed E-state index contributed by atoms with van der Waals surface area (Å²) in [5.74, 6) is 0.500. The van der Waals surface area contributed by atoms with Gasteiger partial charge in [0.2, 0.25) is 0 Å². The van der Waals surface area contributed by atoms with Gasteiger partial charge in [-0.2, -0.15) is 0 Å². The highest BCUT2D eigenvalue weighted by atomic mass is 32.2. The third-order valence-electron chi connectivity index (χ3n) is 1.62. The lowest BCUT2D eigenvalue weighted by molar-refractivity contribution is -0.125. The molecule has 1 saturated heterocycles. The minimum absolute atomic E-state index is 0.0367. The van der Waals surface area contributed by atoms with Crippen LogP contribution in [-0.4, -0.2) is 36.2 Å². The molecule has 2 atom stereocenters. The quantitative estimate of drug-likeness (QED) is 0.573. The zero-order valence-corrected chi connectivity index (χ0v) is 7.72. The van der Waals surface area contributed by atoms with Gasteiger partial charge in [-0.25, -0.2) is 4.79 Å². The van der Waals surface area contributed by atoms with Gasteiger partial charge in [0.15, 0.2) is 11.9 Å². The number of methoxy groups -OCH3 is 1. The number of thioether (sulfide) groups is 1. The molecule has 5 heteroatoms. The number of rotatable bonds is 1. The molecule has 0 radical (unpaired) electrons. The molecule has 1 heterocycles. The molecule has 4 nitrogen and oxygen atoms in total. The Bertz CT molecular complexity index is 204. The smallest absolute Gasteiger partial charge is 0.438 e. The van der Waals surface area contributed by atoms with Crippen LogP contribution in [0.4, 0.5) is 4.79 Å². The molecule has 0 aromatic carbocycles. The molecule has 0 spiro atoms. The van der Waals surface area contributed by atoms with Crippen molar-refractivity contribution in [3.63, 3.8) is 0 Å². The average molecular weight is 190 g/mol. The van der Waals surface area contributed by atoms with Crippen LogP contribution in [0, 0.1) is 0 Å². The second-order valence-electron chi connectivity index (χ2n) is 2.44. The highest BCUT2D eigenvalue weighted by molar-refractivity contribution is 8.01. The molecule has 0 amide bonds. The Morgan fingerprint density at radius 3 is 2.75 bits per heavy atom. The topological polar surface area (TPSA) is 52.6 Å². The number of Topliss-reactive ketones (excluding diaryl/α,β-unsaturated/α-hetero) is 1. The summed E-state index contributed by atoms with van der Waals surface area (Å²) in [5.41, 5.74) is 0. The number of carbonyl (C=O) groups excluding carboxylic acids is 2. The summed E-state index contributed by atoms with van der Waals surface area (Å²) >= 11 is 1.48. The SMILES string of the molecule is COC(=O)OC1CSC(C)C1=O. The lowest BCUT2D eigenvalue weighted by Crippen LogP contribution is -2.27. The van der Waals surface area contributed by atoms with Gasteiger partial charge in [-0.05, 0) is 6.92 Å². The first kappa shape index (κ1) is 9.38. The van der Waals surface area contributed by atoms with Crippen molar-refractivity contribution in [1.82, 2.24) is 0 Å². The number of carbonyl (C=O) groups is 2. The second kappa shape index (κ2) is 3.80. The predicted molar refractivity (Wildman–Crippen MR) is 44.2 cm³/mol. The summed E-state index contributed by atoms with van der Waals surface area (Å²) < 4.78 is 8.98. The Balaban J connectivity index is 2.44. The summed E-state index contributed by atoms with van der Waals surface area (Å²) in [6.07, 6.45) is -1.40. The molecule has 2 unspecified atom stereocenters. The van der Waals surface area contributed by atoms with Crippen molar-refractivity contribution in [1.29, 1.82) is 0 Å². The number of hydrogen-bond donors (Lipinski definition) is 0. The van der Waals surface area contributed by atoms with Crippen molar-refractivity contribution in [2.24, 2.45) is 0 Å². The summed E-state index contributed by atoms with van der Waals surface area (Å²) in [5, 5.41) is -0.0698. The van der Waals surface area contributed by atoms with Crippen molar-refractivity contribution in [3.8, 4) is 0 Å². The van der Waals surface area contributed by atoms with E-state index in [-0.39, 0.29) is 11.0 Å². The normalized spacial score (nSPS) is 28.7. The zero-order chi connectivity index (χ0) is 9.14. The Morgan fingerprint density at radius 1 is 1.67 bits per heavy atom. The molecule has 68 valence electrons. The fourth-order valence-electron chi connectivity index (χ4n) is 0.914. The summed E-state index contributed by atoms with van der Waals surface area (Å²) in [7, 11) is 1.22. The maximum absolute atomic E-state index is 11.2. The van der Waals surface area contributed by atoms with Crippen LogP contribution in [0.25, 0.3) is 0 Å². The lowest BCUT2D eigenvalue weighted by Gasteiger charge is -2.07. The number of ketones is 1. The lowest BCUT2D eigenvalue weighted by atomic mass is 10.2. The Labute approximate surface area is 74.6 Å². The van der Waals surface area contributed by atoms with Gasteiger partial charge in [0, 0.05) is 5.75 Å². The third-order valence-corrected chi connectivity index (χ3v) is 2.85. The van der Waals surface area contributed by atoms with Crippen LogP contribution in [-0.2, 0) is 14.3 Å². The fraction of sp³-hybridized carbons (Fsp3) is 0.714. The molecule has 0 aliphatic carbocycles. The molecule has 12 heavy (non-hydrogen) atoms. The van der Waals surface area contributed by atoms with Crippen LogP contribution in [0.5, 0.6) is 0 Å². The first-order valence-corrected chi connectivity index (χ1v) is 4.60.